The molecule has 0 aliphatic heterocycles. The van der Waals surface area contributed by atoms with Crippen molar-refractivity contribution in [1.82, 2.24) is 10.3 Å². The molecule has 0 aliphatic rings. The average Bonchev–Trinajstić information content (AvgIpc) is 2.89. The fraction of sp³-hybridized carbons (Fsp3) is 0.471. The van der Waals surface area contributed by atoms with E-state index in [0.717, 1.165) is 49.1 Å². The van der Waals surface area contributed by atoms with Gasteiger partial charge in [0.15, 0.2) is 0 Å². The van der Waals surface area contributed by atoms with Gasteiger partial charge < -0.3 is 14.6 Å². The number of pyridine rings is 1. The number of nitrogens with one attached hydrogen (secondary N) is 1. The topological polar surface area (TPSA) is 41.3 Å². The van der Waals surface area contributed by atoms with Crippen LogP contribution in [0.5, 0.6) is 0 Å². The standard InChI is InChI=1S/C17H25N3O/c1-5-15-9-14(11-18-6-2)10-17(19-15)20(4)12-16-8-7-13(3)21-16/h7-10,18H,5-6,11-12H2,1-4H3. The van der Waals surface area contributed by atoms with Crippen molar-refractivity contribution in [1.29, 1.82) is 0 Å². The van der Waals surface area contributed by atoms with Gasteiger partial charge in [-0.2, -0.15) is 0 Å². The van der Waals surface area contributed by atoms with Crippen LogP contribution in [-0.4, -0.2) is 18.6 Å². The summed E-state index contributed by atoms with van der Waals surface area (Å²) in [4.78, 5) is 6.85. The molecule has 0 unspecified atom stereocenters. The maximum absolute atomic E-state index is 5.65. The van der Waals surface area contributed by atoms with Gasteiger partial charge in [-0.3, -0.25) is 0 Å². The van der Waals surface area contributed by atoms with Gasteiger partial charge in [-0.1, -0.05) is 13.8 Å². The number of hydrogen-bond donors (Lipinski definition) is 1. The van der Waals surface area contributed by atoms with E-state index in [1.54, 1.807) is 0 Å². The number of hydrogen-bond acceptors (Lipinski definition) is 4. The van der Waals surface area contributed by atoms with E-state index in [-0.39, 0.29) is 0 Å². The SMILES string of the molecule is CCNCc1cc(CC)nc(N(C)Cc2ccc(C)o2)c1. The van der Waals surface area contributed by atoms with E-state index in [0.29, 0.717) is 0 Å². The van der Waals surface area contributed by atoms with Crippen molar-refractivity contribution < 1.29 is 4.42 Å². The first-order chi connectivity index (χ1) is 10.1. The van der Waals surface area contributed by atoms with E-state index in [9.17, 15) is 0 Å². The summed E-state index contributed by atoms with van der Waals surface area (Å²) >= 11 is 0. The normalized spacial score (nSPS) is 10.9. The first-order valence-electron chi connectivity index (χ1n) is 7.59. The van der Waals surface area contributed by atoms with Crippen molar-refractivity contribution in [2.45, 2.75) is 40.3 Å². The Morgan fingerprint density at radius 2 is 2.05 bits per heavy atom. The third-order valence-electron chi connectivity index (χ3n) is 3.45. The van der Waals surface area contributed by atoms with Gasteiger partial charge in [0.05, 0.1) is 6.54 Å². The Bertz CT molecular complexity index is 577. The molecule has 4 heteroatoms. The monoisotopic (exact) mass is 287 g/mol. The number of furan rings is 1. The lowest BCUT2D eigenvalue weighted by molar-refractivity contribution is 0.481. The molecule has 2 rings (SSSR count). The molecular formula is C17H25N3O. The van der Waals surface area contributed by atoms with Gasteiger partial charge in [0.2, 0.25) is 0 Å². The largest absolute Gasteiger partial charge is 0.464 e. The lowest BCUT2D eigenvalue weighted by Gasteiger charge is -2.19. The fourth-order valence-electron chi connectivity index (χ4n) is 2.27. The summed E-state index contributed by atoms with van der Waals surface area (Å²) < 4.78 is 5.65. The maximum atomic E-state index is 5.65. The predicted octanol–water partition coefficient (Wildman–Crippen LogP) is 3.29. The molecule has 2 aromatic heterocycles. The van der Waals surface area contributed by atoms with Gasteiger partial charge in [-0.05, 0) is 49.7 Å². The minimum atomic E-state index is 0.731. The van der Waals surface area contributed by atoms with Gasteiger partial charge in [-0.25, -0.2) is 4.98 Å². The van der Waals surface area contributed by atoms with Crippen LogP contribution in [0.25, 0.3) is 0 Å². The Labute approximate surface area is 127 Å². The maximum Gasteiger partial charge on any atom is 0.129 e. The zero-order valence-corrected chi connectivity index (χ0v) is 13.4. The van der Waals surface area contributed by atoms with Gasteiger partial charge in [-0.15, -0.1) is 0 Å². The van der Waals surface area contributed by atoms with E-state index >= 15 is 0 Å². The van der Waals surface area contributed by atoms with Crippen molar-refractivity contribution in [3.63, 3.8) is 0 Å². The molecule has 0 radical (unpaired) electrons. The van der Waals surface area contributed by atoms with Crippen molar-refractivity contribution in [3.8, 4) is 0 Å². The lowest BCUT2D eigenvalue weighted by Crippen LogP contribution is -2.19. The highest BCUT2D eigenvalue weighted by Crippen LogP contribution is 2.18. The highest BCUT2D eigenvalue weighted by Gasteiger charge is 2.09. The van der Waals surface area contributed by atoms with Gasteiger partial charge in [0.25, 0.3) is 0 Å². The summed E-state index contributed by atoms with van der Waals surface area (Å²) in [6, 6.07) is 8.35. The van der Waals surface area contributed by atoms with Crippen LogP contribution in [0.3, 0.4) is 0 Å². The van der Waals surface area contributed by atoms with Crippen LogP contribution in [0.2, 0.25) is 0 Å². The second-order valence-corrected chi connectivity index (χ2v) is 5.33. The van der Waals surface area contributed by atoms with E-state index in [4.69, 9.17) is 9.40 Å². The van der Waals surface area contributed by atoms with E-state index in [1.165, 1.54) is 5.56 Å². The number of aromatic nitrogens is 1. The first kappa shape index (κ1) is 15.6. The minimum Gasteiger partial charge on any atom is -0.464 e. The molecule has 2 aromatic rings. The molecule has 0 amide bonds. The number of aryl methyl sites for hydroxylation is 2. The molecule has 21 heavy (non-hydrogen) atoms. The molecule has 0 bridgehead atoms. The molecule has 0 spiro atoms. The highest BCUT2D eigenvalue weighted by molar-refractivity contribution is 5.42. The van der Waals surface area contributed by atoms with E-state index < -0.39 is 0 Å². The molecule has 1 N–H and O–H groups in total. The Morgan fingerprint density at radius 3 is 2.67 bits per heavy atom. The van der Waals surface area contributed by atoms with Crippen LogP contribution in [0.4, 0.5) is 5.82 Å². The van der Waals surface area contributed by atoms with Crippen LogP contribution in [0.15, 0.2) is 28.7 Å². The lowest BCUT2D eigenvalue weighted by atomic mass is 10.2. The molecule has 114 valence electrons. The Balaban J connectivity index is 2.16. The molecule has 0 fully saturated rings. The van der Waals surface area contributed by atoms with Crippen molar-refractivity contribution in [3.05, 3.63) is 47.0 Å². The summed E-state index contributed by atoms with van der Waals surface area (Å²) in [5.41, 5.74) is 2.41. The number of nitrogens with zero attached hydrogens (tertiary/aromatic N) is 2. The summed E-state index contributed by atoms with van der Waals surface area (Å²) in [6.45, 7) is 8.81. The molecule has 4 nitrogen and oxygen atoms in total. The highest BCUT2D eigenvalue weighted by atomic mass is 16.3. The minimum absolute atomic E-state index is 0.731. The third kappa shape index (κ3) is 4.33. The molecule has 0 aliphatic carbocycles. The smallest absolute Gasteiger partial charge is 0.129 e. The molecule has 0 atom stereocenters. The second-order valence-electron chi connectivity index (χ2n) is 5.33. The molecule has 0 saturated heterocycles. The molecule has 0 saturated carbocycles. The van der Waals surface area contributed by atoms with Crippen molar-refractivity contribution in [2.75, 3.05) is 18.5 Å². The van der Waals surface area contributed by atoms with Crippen LogP contribution in [0, 0.1) is 6.92 Å². The molecular weight excluding hydrogens is 262 g/mol. The van der Waals surface area contributed by atoms with Gasteiger partial charge >= 0.3 is 0 Å². The van der Waals surface area contributed by atoms with E-state index in [1.807, 2.05) is 19.1 Å². The zero-order chi connectivity index (χ0) is 15.2. The van der Waals surface area contributed by atoms with Crippen molar-refractivity contribution in [2.24, 2.45) is 0 Å². The van der Waals surface area contributed by atoms with Gasteiger partial charge in [0, 0.05) is 19.3 Å². The average molecular weight is 287 g/mol. The summed E-state index contributed by atoms with van der Waals surface area (Å²) in [7, 11) is 2.05. The Morgan fingerprint density at radius 1 is 1.24 bits per heavy atom. The first-order valence-corrected chi connectivity index (χ1v) is 7.59. The molecule has 0 aromatic carbocycles. The Hall–Kier alpha value is -1.81. The Kier molecular flexibility index (Phi) is 5.39. The van der Waals surface area contributed by atoms with Crippen LogP contribution >= 0.6 is 0 Å². The van der Waals surface area contributed by atoms with Crippen LogP contribution in [-0.2, 0) is 19.5 Å². The summed E-state index contributed by atoms with van der Waals surface area (Å²) in [5, 5.41) is 3.37. The van der Waals surface area contributed by atoms with Crippen LogP contribution < -0.4 is 10.2 Å². The third-order valence-corrected chi connectivity index (χ3v) is 3.45. The zero-order valence-electron chi connectivity index (χ0n) is 13.4. The summed E-state index contributed by atoms with van der Waals surface area (Å²) in [6.07, 6.45) is 0.945. The van der Waals surface area contributed by atoms with Gasteiger partial charge in [0.1, 0.15) is 17.3 Å². The quantitative estimate of drug-likeness (QED) is 0.848. The number of rotatable bonds is 7. The fourth-order valence-corrected chi connectivity index (χ4v) is 2.27. The van der Waals surface area contributed by atoms with Crippen LogP contribution in [0.1, 0.15) is 36.6 Å². The number of anilines is 1. The van der Waals surface area contributed by atoms with Crippen molar-refractivity contribution >= 4 is 5.82 Å². The summed E-state index contributed by atoms with van der Waals surface area (Å²) in [5.74, 6) is 2.91. The predicted molar refractivity (Wildman–Crippen MR) is 86.5 cm³/mol. The van der Waals surface area contributed by atoms with E-state index in [2.05, 4.69) is 43.2 Å². The molecule has 2 heterocycles. The second kappa shape index (κ2) is 7.27.